The lowest BCUT2D eigenvalue weighted by atomic mass is 10.1. The molecule has 1 saturated heterocycles. The predicted octanol–water partition coefficient (Wildman–Crippen LogP) is 2.41. The van der Waals surface area contributed by atoms with Gasteiger partial charge in [0.15, 0.2) is 5.75 Å². The molecule has 9 nitrogen and oxygen atoms in total. The monoisotopic (exact) mass is 355 g/mol. The van der Waals surface area contributed by atoms with Crippen LogP contribution in [0.3, 0.4) is 0 Å². The van der Waals surface area contributed by atoms with Crippen LogP contribution in [0.25, 0.3) is 6.08 Å². The Morgan fingerprint density at radius 3 is 2.54 bits per heavy atom. The van der Waals surface area contributed by atoms with Gasteiger partial charge in [0.05, 0.1) is 17.7 Å². The number of phenolic OH excluding ortho intramolecular Hbond substituents is 1. The molecule has 1 aliphatic rings. The van der Waals surface area contributed by atoms with Gasteiger partial charge in [-0.05, 0) is 29.8 Å². The number of urea groups is 1. The molecule has 0 aromatic heterocycles. The van der Waals surface area contributed by atoms with Crippen molar-refractivity contribution in [3.05, 3.63) is 63.8 Å². The number of phenols is 1. The van der Waals surface area contributed by atoms with Gasteiger partial charge in [-0.1, -0.05) is 18.2 Å². The molecule has 0 aliphatic carbocycles. The Bertz CT molecular complexity index is 939. The second-order valence-corrected chi connectivity index (χ2v) is 5.31. The molecule has 2 aromatic carbocycles. The zero-order chi connectivity index (χ0) is 18.8. The summed E-state index contributed by atoms with van der Waals surface area (Å²) >= 11 is 0. The van der Waals surface area contributed by atoms with E-state index in [0.29, 0.717) is 5.69 Å². The van der Waals surface area contributed by atoms with Crippen LogP contribution in [0.2, 0.25) is 0 Å². The van der Waals surface area contributed by atoms with Crippen molar-refractivity contribution in [1.29, 1.82) is 0 Å². The predicted molar refractivity (Wildman–Crippen MR) is 91.7 cm³/mol. The first kappa shape index (κ1) is 17.0. The van der Waals surface area contributed by atoms with E-state index in [4.69, 9.17) is 4.74 Å². The standard InChI is InChI=1S/C17H13N3O6/c1-26-14-9-10(8-13(15(14)21)20(24)25)7-12-16(22)19(17(23)18-12)11-5-3-2-4-6-11/h2-9,21H,1H3,(H,18,23)/b12-7-. The lowest BCUT2D eigenvalue weighted by Crippen LogP contribution is -2.30. The van der Waals surface area contributed by atoms with Crippen LogP contribution in [-0.2, 0) is 4.79 Å². The number of aromatic hydroxyl groups is 1. The van der Waals surface area contributed by atoms with E-state index in [9.17, 15) is 24.8 Å². The van der Waals surface area contributed by atoms with Crippen LogP contribution >= 0.6 is 0 Å². The molecule has 0 radical (unpaired) electrons. The molecule has 0 saturated carbocycles. The molecular weight excluding hydrogens is 342 g/mol. The number of hydrogen-bond donors (Lipinski definition) is 2. The summed E-state index contributed by atoms with van der Waals surface area (Å²) in [5, 5.41) is 23.3. The molecule has 0 spiro atoms. The number of carbonyl (C=O) groups is 2. The zero-order valence-electron chi connectivity index (χ0n) is 13.5. The second kappa shape index (κ2) is 6.55. The Labute approximate surface area is 147 Å². The number of nitro benzene ring substituents is 1. The molecule has 9 heteroatoms. The number of nitrogens with one attached hydrogen (secondary N) is 1. The van der Waals surface area contributed by atoms with Crippen molar-refractivity contribution >= 4 is 29.4 Å². The molecule has 1 aliphatic heterocycles. The van der Waals surface area contributed by atoms with Crippen LogP contribution in [0, 0.1) is 10.1 Å². The van der Waals surface area contributed by atoms with Gasteiger partial charge in [-0.2, -0.15) is 0 Å². The minimum absolute atomic E-state index is 0.0547. The Balaban J connectivity index is 2.01. The van der Waals surface area contributed by atoms with Crippen molar-refractivity contribution in [2.75, 3.05) is 12.0 Å². The lowest BCUT2D eigenvalue weighted by Gasteiger charge is -2.10. The Hall–Kier alpha value is -3.88. The number of ether oxygens (including phenoxy) is 1. The molecule has 0 atom stereocenters. The van der Waals surface area contributed by atoms with Crippen LogP contribution in [0.5, 0.6) is 11.5 Å². The summed E-state index contributed by atoms with van der Waals surface area (Å²) in [5.74, 6) is -1.34. The normalized spacial score (nSPS) is 15.3. The third kappa shape index (κ3) is 2.93. The SMILES string of the molecule is COc1cc(/C=C2\NC(=O)N(c3ccccc3)C2=O)cc([N+](=O)[O-])c1O. The molecule has 3 amide bonds. The molecule has 2 aromatic rings. The van der Waals surface area contributed by atoms with Crippen molar-refractivity contribution in [3.8, 4) is 11.5 Å². The van der Waals surface area contributed by atoms with Crippen LogP contribution in [0.4, 0.5) is 16.2 Å². The van der Waals surface area contributed by atoms with Gasteiger partial charge in [-0.15, -0.1) is 0 Å². The number of methoxy groups -OCH3 is 1. The first-order chi connectivity index (χ1) is 12.4. The van der Waals surface area contributed by atoms with Gasteiger partial charge in [0.1, 0.15) is 5.70 Å². The highest BCUT2D eigenvalue weighted by Crippen LogP contribution is 2.37. The van der Waals surface area contributed by atoms with Gasteiger partial charge < -0.3 is 15.2 Å². The maximum atomic E-state index is 12.5. The van der Waals surface area contributed by atoms with Crippen LogP contribution in [0.1, 0.15) is 5.56 Å². The Morgan fingerprint density at radius 2 is 1.92 bits per heavy atom. The van der Waals surface area contributed by atoms with Crippen LogP contribution < -0.4 is 15.0 Å². The molecule has 2 N–H and O–H groups in total. The van der Waals surface area contributed by atoms with Crippen LogP contribution in [0.15, 0.2) is 48.2 Å². The Morgan fingerprint density at radius 1 is 1.23 bits per heavy atom. The highest BCUT2D eigenvalue weighted by atomic mass is 16.6. The summed E-state index contributed by atoms with van der Waals surface area (Å²) in [4.78, 5) is 35.9. The smallest absolute Gasteiger partial charge is 0.333 e. The number of carbonyl (C=O) groups excluding carboxylic acids is 2. The number of benzene rings is 2. The average Bonchev–Trinajstić information content (AvgIpc) is 2.90. The molecule has 1 fully saturated rings. The number of nitrogens with zero attached hydrogens (tertiary/aromatic N) is 2. The molecule has 26 heavy (non-hydrogen) atoms. The van der Waals surface area contributed by atoms with Crippen LogP contribution in [-0.4, -0.2) is 29.1 Å². The second-order valence-electron chi connectivity index (χ2n) is 5.31. The van der Waals surface area contributed by atoms with E-state index in [1.54, 1.807) is 30.3 Å². The van der Waals surface area contributed by atoms with E-state index in [2.05, 4.69) is 5.32 Å². The maximum absolute atomic E-state index is 12.5. The van der Waals surface area contributed by atoms with Crippen molar-refractivity contribution in [2.24, 2.45) is 0 Å². The first-order valence-electron chi connectivity index (χ1n) is 7.40. The molecule has 3 rings (SSSR count). The number of rotatable bonds is 4. The summed E-state index contributed by atoms with van der Waals surface area (Å²) in [6.07, 6.45) is 1.28. The summed E-state index contributed by atoms with van der Waals surface area (Å²) in [5.41, 5.74) is -0.0219. The third-order valence-corrected chi connectivity index (χ3v) is 3.70. The minimum Gasteiger partial charge on any atom is -0.500 e. The number of amides is 3. The zero-order valence-corrected chi connectivity index (χ0v) is 13.5. The number of para-hydroxylation sites is 1. The summed E-state index contributed by atoms with van der Waals surface area (Å²) in [6, 6.07) is 10.1. The molecule has 0 unspecified atom stereocenters. The van der Waals surface area contributed by atoms with Gasteiger partial charge in [-0.3, -0.25) is 14.9 Å². The number of nitro groups is 1. The van der Waals surface area contributed by atoms with E-state index >= 15 is 0 Å². The van der Waals surface area contributed by atoms with Gasteiger partial charge in [0, 0.05) is 6.07 Å². The topological polar surface area (TPSA) is 122 Å². The largest absolute Gasteiger partial charge is 0.500 e. The molecule has 0 bridgehead atoms. The van der Waals surface area contributed by atoms with E-state index in [1.165, 1.54) is 19.3 Å². The van der Waals surface area contributed by atoms with Crippen molar-refractivity contribution in [3.63, 3.8) is 0 Å². The van der Waals surface area contributed by atoms with Gasteiger partial charge in [-0.25, -0.2) is 9.69 Å². The lowest BCUT2D eigenvalue weighted by molar-refractivity contribution is -0.386. The fourth-order valence-corrected chi connectivity index (χ4v) is 2.51. The van der Waals surface area contributed by atoms with E-state index < -0.39 is 28.3 Å². The highest BCUT2D eigenvalue weighted by Gasteiger charge is 2.35. The average molecular weight is 355 g/mol. The number of hydrogen-bond acceptors (Lipinski definition) is 6. The van der Waals surface area contributed by atoms with Crippen molar-refractivity contribution < 1.29 is 24.4 Å². The Kier molecular flexibility index (Phi) is 4.27. The minimum atomic E-state index is -0.773. The van der Waals surface area contributed by atoms with Gasteiger partial charge in [0.25, 0.3) is 5.91 Å². The summed E-state index contributed by atoms with van der Waals surface area (Å²) in [6.45, 7) is 0. The first-order valence-corrected chi connectivity index (χ1v) is 7.40. The fourth-order valence-electron chi connectivity index (χ4n) is 2.51. The van der Waals surface area contributed by atoms with Crippen molar-refractivity contribution in [2.45, 2.75) is 0 Å². The number of imide groups is 1. The molecule has 1 heterocycles. The molecular formula is C17H13N3O6. The quantitative estimate of drug-likeness (QED) is 0.376. The summed E-state index contributed by atoms with van der Waals surface area (Å²) < 4.78 is 4.91. The van der Waals surface area contributed by atoms with E-state index in [0.717, 1.165) is 11.0 Å². The van der Waals surface area contributed by atoms with Crippen molar-refractivity contribution in [1.82, 2.24) is 5.32 Å². The van der Waals surface area contributed by atoms with E-state index in [-0.39, 0.29) is 17.0 Å². The maximum Gasteiger partial charge on any atom is 0.333 e. The third-order valence-electron chi connectivity index (χ3n) is 3.70. The van der Waals surface area contributed by atoms with Gasteiger partial charge >= 0.3 is 11.7 Å². The molecule has 132 valence electrons. The number of anilines is 1. The summed E-state index contributed by atoms with van der Waals surface area (Å²) in [7, 11) is 1.25. The fraction of sp³-hybridized carbons (Fsp3) is 0.0588. The van der Waals surface area contributed by atoms with E-state index in [1.807, 2.05) is 0 Å². The highest BCUT2D eigenvalue weighted by molar-refractivity contribution is 6.28. The van der Waals surface area contributed by atoms with Gasteiger partial charge in [0.2, 0.25) is 5.75 Å².